The lowest BCUT2D eigenvalue weighted by molar-refractivity contribution is 0.835. The van der Waals surface area contributed by atoms with Gasteiger partial charge in [-0.3, -0.25) is 0 Å². The van der Waals surface area contributed by atoms with Crippen LogP contribution in [-0.4, -0.2) is 34.6 Å². The van der Waals surface area contributed by atoms with Crippen molar-refractivity contribution in [1.82, 2.24) is 9.97 Å². The minimum absolute atomic E-state index is 0.273. The Labute approximate surface area is 98.2 Å². The summed E-state index contributed by atoms with van der Waals surface area (Å²) in [5.41, 5.74) is 7.35. The molecule has 1 aliphatic heterocycles. The van der Waals surface area contributed by atoms with E-state index in [4.69, 9.17) is 17.3 Å². The van der Waals surface area contributed by atoms with Crippen LogP contribution in [0.4, 0.5) is 11.5 Å². The first-order valence-corrected chi connectivity index (χ1v) is 6.34. The summed E-state index contributed by atoms with van der Waals surface area (Å²) in [7, 11) is 0. The SMILES string of the molecule is Cc1nc(Cl)nc(N2CCSCC2)c1N. The molecule has 0 aliphatic carbocycles. The largest absolute Gasteiger partial charge is 0.394 e. The molecule has 6 heteroatoms. The van der Waals surface area contributed by atoms with E-state index in [0.717, 1.165) is 36.1 Å². The van der Waals surface area contributed by atoms with Crippen molar-refractivity contribution in [3.8, 4) is 0 Å². The Hall–Kier alpha value is -0.680. The average molecular weight is 245 g/mol. The Morgan fingerprint density at radius 2 is 2.00 bits per heavy atom. The van der Waals surface area contributed by atoms with Crippen LogP contribution < -0.4 is 10.6 Å². The first kappa shape index (κ1) is 10.8. The van der Waals surface area contributed by atoms with Crippen molar-refractivity contribution in [1.29, 1.82) is 0 Å². The molecule has 0 saturated carbocycles. The van der Waals surface area contributed by atoms with Gasteiger partial charge in [0.05, 0.1) is 11.4 Å². The number of nitrogens with two attached hydrogens (primary N) is 1. The monoisotopic (exact) mass is 244 g/mol. The summed E-state index contributed by atoms with van der Waals surface area (Å²) in [6.07, 6.45) is 0. The number of hydrogen-bond acceptors (Lipinski definition) is 5. The van der Waals surface area contributed by atoms with Gasteiger partial charge < -0.3 is 10.6 Å². The zero-order chi connectivity index (χ0) is 10.8. The molecule has 15 heavy (non-hydrogen) atoms. The summed E-state index contributed by atoms with van der Waals surface area (Å²) >= 11 is 7.78. The maximum atomic E-state index is 5.95. The minimum atomic E-state index is 0.273. The summed E-state index contributed by atoms with van der Waals surface area (Å²) in [6, 6.07) is 0. The maximum absolute atomic E-state index is 5.95. The highest BCUT2D eigenvalue weighted by molar-refractivity contribution is 7.99. The minimum Gasteiger partial charge on any atom is -0.394 e. The van der Waals surface area contributed by atoms with Crippen LogP contribution in [0.25, 0.3) is 0 Å². The van der Waals surface area contributed by atoms with Crippen molar-refractivity contribution in [2.45, 2.75) is 6.92 Å². The van der Waals surface area contributed by atoms with Crippen LogP contribution in [-0.2, 0) is 0 Å². The highest BCUT2D eigenvalue weighted by Gasteiger charge is 2.17. The molecule has 4 nitrogen and oxygen atoms in total. The average Bonchev–Trinajstić information content (AvgIpc) is 2.24. The summed E-state index contributed by atoms with van der Waals surface area (Å²) < 4.78 is 0. The number of halogens is 1. The third kappa shape index (κ3) is 2.29. The first-order chi connectivity index (χ1) is 7.18. The Kier molecular flexibility index (Phi) is 3.21. The lowest BCUT2D eigenvalue weighted by Gasteiger charge is -2.28. The van der Waals surface area contributed by atoms with Crippen LogP contribution >= 0.6 is 23.4 Å². The zero-order valence-corrected chi connectivity index (χ0v) is 10.1. The molecular weight excluding hydrogens is 232 g/mol. The summed E-state index contributed by atoms with van der Waals surface area (Å²) in [5.74, 6) is 3.01. The molecule has 1 aromatic heterocycles. The number of anilines is 2. The fourth-order valence-corrected chi connectivity index (χ4v) is 2.66. The van der Waals surface area contributed by atoms with E-state index in [1.807, 2.05) is 18.7 Å². The van der Waals surface area contributed by atoms with Gasteiger partial charge in [-0.1, -0.05) is 0 Å². The van der Waals surface area contributed by atoms with Gasteiger partial charge in [0.15, 0.2) is 5.82 Å². The molecule has 1 aliphatic rings. The Bertz CT molecular complexity index is 365. The van der Waals surface area contributed by atoms with E-state index in [9.17, 15) is 0 Å². The van der Waals surface area contributed by atoms with Gasteiger partial charge in [0.25, 0.3) is 0 Å². The van der Waals surface area contributed by atoms with Crippen molar-refractivity contribution >= 4 is 34.9 Å². The Morgan fingerprint density at radius 3 is 2.67 bits per heavy atom. The number of rotatable bonds is 1. The van der Waals surface area contributed by atoms with Crippen LogP contribution in [0.1, 0.15) is 5.69 Å². The van der Waals surface area contributed by atoms with Crippen molar-refractivity contribution in [2.75, 3.05) is 35.2 Å². The molecule has 0 spiro atoms. The van der Waals surface area contributed by atoms with Crippen LogP contribution in [0.15, 0.2) is 0 Å². The summed E-state index contributed by atoms with van der Waals surface area (Å²) in [4.78, 5) is 10.4. The molecular formula is C9H13ClN4S. The van der Waals surface area contributed by atoms with Gasteiger partial charge >= 0.3 is 0 Å². The molecule has 0 bridgehead atoms. The van der Waals surface area contributed by atoms with Crippen LogP contribution in [0.5, 0.6) is 0 Å². The zero-order valence-electron chi connectivity index (χ0n) is 8.53. The highest BCUT2D eigenvalue weighted by Crippen LogP contribution is 2.26. The number of thioether (sulfide) groups is 1. The van der Waals surface area contributed by atoms with E-state index in [1.165, 1.54) is 0 Å². The van der Waals surface area contributed by atoms with Gasteiger partial charge in [0.1, 0.15) is 0 Å². The topological polar surface area (TPSA) is 55.0 Å². The molecule has 2 heterocycles. The van der Waals surface area contributed by atoms with Crippen molar-refractivity contribution in [3.63, 3.8) is 0 Å². The molecule has 1 aromatic rings. The second-order valence-electron chi connectivity index (χ2n) is 3.41. The van der Waals surface area contributed by atoms with Crippen LogP contribution in [0.2, 0.25) is 5.28 Å². The lowest BCUT2D eigenvalue weighted by atomic mass is 10.3. The van der Waals surface area contributed by atoms with Crippen LogP contribution in [0.3, 0.4) is 0 Å². The second kappa shape index (κ2) is 4.45. The highest BCUT2D eigenvalue weighted by atomic mass is 35.5. The van der Waals surface area contributed by atoms with E-state index in [2.05, 4.69) is 14.9 Å². The number of nitrogens with zero attached hydrogens (tertiary/aromatic N) is 3. The fraction of sp³-hybridized carbons (Fsp3) is 0.556. The maximum Gasteiger partial charge on any atom is 0.224 e. The molecule has 1 fully saturated rings. The van der Waals surface area contributed by atoms with E-state index in [0.29, 0.717) is 5.69 Å². The van der Waals surface area contributed by atoms with E-state index in [-0.39, 0.29) is 5.28 Å². The number of aryl methyl sites for hydroxylation is 1. The third-order valence-electron chi connectivity index (χ3n) is 2.40. The van der Waals surface area contributed by atoms with Crippen LogP contribution in [0, 0.1) is 6.92 Å². The summed E-state index contributed by atoms with van der Waals surface area (Å²) in [5, 5.41) is 0.273. The first-order valence-electron chi connectivity index (χ1n) is 4.81. The second-order valence-corrected chi connectivity index (χ2v) is 4.98. The number of aromatic nitrogens is 2. The van der Waals surface area contributed by atoms with Crippen molar-refractivity contribution in [3.05, 3.63) is 11.0 Å². The quantitative estimate of drug-likeness (QED) is 0.760. The molecule has 0 atom stereocenters. The third-order valence-corrected chi connectivity index (χ3v) is 3.51. The standard InChI is InChI=1S/C9H13ClN4S/c1-6-7(11)8(13-9(10)12-6)14-2-4-15-5-3-14/h2-5,11H2,1H3. The van der Waals surface area contributed by atoms with Crippen molar-refractivity contribution in [2.24, 2.45) is 0 Å². The fourth-order valence-electron chi connectivity index (χ4n) is 1.55. The van der Waals surface area contributed by atoms with E-state index >= 15 is 0 Å². The predicted molar refractivity (Wildman–Crippen MR) is 65.7 cm³/mol. The molecule has 0 aromatic carbocycles. The van der Waals surface area contributed by atoms with Crippen molar-refractivity contribution < 1.29 is 0 Å². The molecule has 0 radical (unpaired) electrons. The predicted octanol–water partition coefficient (Wildman–Crippen LogP) is 1.57. The lowest BCUT2D eigenvalue weighted by Crippen LogP contribution is -2.34. The molecule has 82 valence electrons. The Balaban J connectivity index is 2.33. The Morgan fingerprint density at radius 1 is 1.33 bits per heavy atom. The van der Waals surface area contributed by atoms with Gasteiger partial charge in [-0.2, -0.15) is 16.7 Å². The van der Waals surface area contributed by atoms with Gasteiger partial charge in [0, 0.05) is 24.6 Å². The van der Waals surface area contributed by atoms with Gasteiger partial charge in [-0.25, -0.2) is 4.98 Å². The van der Waals surface area contributed by atoms with Gasteiger partial charge in [-0.05, 0) is 18.5 Å². The molecule has 0 amide bonds. The molecule has 2 rings (SSSR count). The molecule has 0 unspecified atom stereocenters. The van der Waals surface area contributed by atoms with Gasteiger partial charge in [0.2, 0.25) is 5.28 Å². The summed E-state index contributed by atoms with van der Waals surface area (Å²) in [6.45, 7) is 3.80. The number of hydrogen-bond donors (Lipinski definition) is 1. The molecule has 1 saturated heterocycles. The number of nitrogen functional groups attached to an aromatic ring is 1. The van der Waals surface area contributed by atoms with E-state index in [1.54, 1.807) is 0 Å². The normalized spacial score (nSPS) is 16.8. The smallest absolute Gasteiger partial charge is 0.224 e. The van der Waals surface area contributed by atoms with Gasteiger partial charge in [-0.15, -0.1) is 0 Å². The molecule has 2 N–H and O–H groups in total. The van der Waals surface area contributed by atoms with E-state index < -0.39 is 0 Å².